The van der Waals surface area contributed by atoms with Crippen molar-refractivity contribution in [1.29, 1.82) is 0 Å². The lowest BCUT2D eigenvalue weighted by atomic mass is 9.28. The van der Waals surface area contributed by atoms with Gasteiger partial charge in [-0.25, -0.2) is 0 Å². The second-order valence-corrected chi connectivity index (χ2v) is 13.8. The summed E-state index contributed by atoms with van der Waals surface area (Å²) in [6.07, 6.45) is 10.6. The highest BCUT2D eigenvalue weighted by Gasteiger charge is 2.85. The van der Waals surface area contributed by atoms with Gasteiger partial charge in [0, 0.05) is 17.5 Å². The van der Waals surface area contributed by atoms with E-state index in [0.29, 0.717) is 24.8 Å². The largest absolute Gasteiger partial charge is 0.493 e. The van der Waals surface area contributed by atoms with Gasteiger partial charge in [0.15, 0.2) is 11.5 Å². The lowest BCUT2D eigenvalue weighted by molar-refractivity contribution is -0.306. The molecule has 7 aliphatic rings. The van der Waals surface area contributed by atoms with E-state index in [2.05, 4.69) is 36.5 Å². The van der Waals surface area contributed by atoms with E-state index in [-0.39, 0.29) is 16.7 Å². The number of benzene rings is 2. The van der Waals surface area contributed by atoms with Crippen LogP contribution in [0.25, 0.3) is 0 Å². The van der Waals surface area contributed by atoms with Crippen LogP contribution in [0.2, 0.25) is 0 Å². The van der Waals surface area contributed by atoms with Crippen molar-refractivity contribution in [3.05, 3.63) is 59.2 Å². The smallest absolute Gasteiger partial charge is 0.226 e. The highest BCUT2D eigenvalue weighted by Crippen LogP contribution is 2.82. The van der Waals surface area contributed by atoms with Gasteiger partial charge in [-0.15, -0.1) is 0 Å². The van der Waals surface area contributed by atoms with E-state index in [1.807, 2.05) is 18.2 Å². The van der Waals surface area contributed by atoms with Crippen LogP contribution >= 0.6 is 0 Å². The average molecular weight is 528 g/mol. The first-order chi connectivity index (χ1) is 18.9. The Labute approximate surface area is 231 Å². The molecule has 7 atom stereocenters. The maximum Gasteiger partial charge on any atom is 0.226 e. The van der Waals surface area contributed by atoms with Gasteiger partial charge in [-0.2, -0.15) is 0 Å². The van der Waals surface area contributed by atoms with E-state index in [0.717, 1.165) is 49.5 Å². The quantitative estimate of drug-likeness (QED) is 0.509. The first-order valence-corrected chi connectivity index (χ1v) is 15.3. The van der Waals surface area contributed by atoms with Gasteiger partial charge >= 0.3 is 0 Å². The predicted octanol–water partition coefficient (Wildman–Crippen LogP) is 5.36. The SMILES string of the molecule is COc1ccc2c3c1O[C@@]1(C)C34CCC(CC3CC3)[C@H](C2)[C@]42CC[C@@]1(O)[C@@H](C(=O)NCCc1ccccc1)C2. The molecule has 2 aromatic rings. The summed E-state index contributed by atoms with van der Waals surface area (Å²) in [4.78, 5) is 14.0. The van der Waals surface area contributed by atoms with E-state index < -0.39 is 17.1 Å². The number of fused-ring (bicyclic) bond motifs is 2. The molecule has 39 heavy (non-hydrogen) atoms. The summed E-state index contributed by atoms with van der Waals surface area (Å²) in [7, 11) is 1.71. The molecule has 1 aliphatic heterocycles. The molecule has 2 spiro atoms. The Balaban J connectivity index is 1.22. The topological polar surface area (TPSA) is 67.8 Å². The fourth-order valence-electron chi connectivity index (χ4n) is 10.8. The van der Waals surface area contributed by atoms with Gasteiger partial charge in [-0.3, -0.25) is 4.79 Å². The summed E-state index contributed by atoms with van der Waals surface area (Å²) in [6, 6.07) is 14.6. The molecule has 5 heteroatoms. The highest BCUT2D eigenvalue weighted by atomic mass is 16.5. The average Bonchev–Trinajstić information content (AvgIpc) is 3.71. The standard InChI is InChI=1S/C34H41NO4/c1-31-33-14-12-23(18-22-8-9-22)25(19-24-10-11-27(38-2)29(39-31)28(24)33)32(33)15-16-34(31,37)26(20-32)30(36)35-17-13-21-6-4-3-5-7-21/h3-7,10-11,22-23,25-26,37H,8-9,12-20H2,1-2H3,(H,35,36)/t23?,25-,26+,31-,32+,33?,34+/m0/s1. The van der Waals surface area contributed by atoms with Crippen molar-refractivity contribution in [2.75, 3.05) is 13.7 Å². The van der Waals surface area contributed by atoms with Gasteiger partial charge in [0.25, 0.3) is 0 Å². The Kier molecular flexibility index (Phi) is 5.00. The predicted molar refractivity (Wildman–Crippen MR) is 149 cm³/mol. The maximum atomic E-state index is 14.0. The Morgan fingerprint density at radius 2 is 1.92 bits per heavy atom. The third kappa shape index (κ3) is 2.88. The summed E-state index contributed by atoms with van der Waals surface area (Å²) >= 11 is 0. The number of amides is 1. The molecule has 9 rings (SSSR count). The molecule has 2 N–H and O–H groups in total. The first-order valence-electron chi connectivity index (χ1n) is 15.3. The summed E-state index contributed by atoms with van der Waals surface area (Å²) in [6.45, 7) is 2.73. The number of ether oxygens (including phenoxy) is 2. The van der Waals surface area contributed by atoms with E-state index in [9.17, 15) is 9.90 Å². The van der Waals surface area contributed by atoms with Crippen molar-refractivity contribution in [3.8, 4) is 11.5 Å². The van der Waals surface area contributed by atoms with E-state index in [1.54, 1.807) is 7.11 Å². The zero-order valence-electron chi connectivity index (χ0n) is 23.3. The van der Waals surface area contributed by atoms with Crippen LogP contribution in [0, 0.1) is 29.1 Å². The minimum Gasteiger partial charge on any atom is -0.493 e. The summed E-state index contributed by atoms with van der Waals surface area (Å²) in [5.41, 5.74) is 1.54. The van der Waals surface area contributed by atoms with Gasteiger partial charge in [-0.05, 0) is 98.7 Å². The molecule has 0 radical (unpaired) electrons. The molecular formula is C34H41NO4. The van der Waals surface area contributed by atoms with Crippen molar-refractivity contribution in [3.63, 3.8) is 0 Å². The van der Waals surface area contributed by atoms with Crippen molar-refractivity contribution in [1.82, 2.24) is 5.32 Å². The molecular weight excluding hydrogens is 486 g/mol. The van der Waals surface area contributed by atoms with E-state index in [4.69, 9.17) is 9.47 Å². The molecule has 5 saturated carbocycles. The summed E-state index contributed by atoms with van der Waals surface area (Å²) < 4.78 is 12.9. The molecule has 5 fully saturated rings. The molecule has 1 amide bonds. The monoisotopic (exact) mass is 527 g/mol. The van der Waals surface area contributed by atoms with Gasteiger partial charge < -0.3 is 19.9 Å². The van der Waals surface area contributed by atoms with Gasteiger partial charge in [-0.1, -0.05) is 49.2 Å². The maximum absolute atomic E-state index is 14.0. The van der Waals surface area contributed by atoms with Crippen molar-refractivity contribution < 1.29 is 19.4 Å². The third-order valence-corrected chi connectivity index (χ3v) is 12.6. The number of hydrogen-bond donors (Lipinski definition) is 2. The van der Waals surface area contributed by atoms with Gasteiger partial charge in [0.05, 0.1) is 13.0 Å². The fourth-order valence-corrected chi connectivity index (χ4v) is 10.8. The lowest BCUT2D eigenvalue weighted by Gasteiger charge is -2.76. The van der Waals surface area contributed by atoms with Crippen molar-refractivity contribution in [2.45, 2.75) is 87.7 Å². The Morgan fingerprint density at radius 1 is 1.10 bits per heavy atom. The number of rotatable bonds is 7. The molecule has 5 nitrogen and oxygen atoms in total. The Bertz CT molecular complexity index is 1340. The fraction of sp³-hybridized carbons (Fsp3) is 0.618. The van der Waals surface area contributed by atoms with E-state index >= 15 is 0 Å². The third-order valence-electron chi connectivity index (χ3n) is 12.6. The number of nitrogens with one attached hydrogen (secondary N) is 1. The van der Waals surface area contributed by atoms with Crippen LogP contribution in [0.1, 0.15) is 75.0 Å². The van der Waals surface area contributed by atoms with Gasteiger partial charge in [0.1, 0.15) is 11.2 Å². The molecule has 2 unspecified atom stereocenters. The second kappa shape index (κ2) is 8.02. The normalized spacial score (nSPS) is 40.5. The molecule has 206 valence electrons. The number of aliphatic hydroxyl groups is 1. The summed E-state index contributed by atoms with van der Waals surface area (Å²) in [5, 5.41) is 16.0. The second-order valence-electron chi connectivity index (χ2n) is 13.8. The van der Waals surface area contributed by atoms with Crippen LogP contribution in [0.4, 0.5) is 0 Å². The molecule has 0 saturated heterocycles. The number of hydrogen-bond acceptors (Lipinski definition) is 4. The van der Waals surface area contributed by atoms with Crippen LogP contribution in [0.15, 0.2) is 42.5 Å². The zero-order valence-corrected chi connectivity index (χ0v) is 23.3. The molecule has 2 aromatic carbocycles. The number of carbonyl (C=O) groups excluding carboxylic acids is 1. The minimum absolute atomic E-state index is 0.00212. The van der Waals surface area contributed by atoms with Crippen molar-refractivity contribution in [2.24, 2.45) is 29.1 Å². The molecule has 6 aliphatic carbocycles. The molecule has 0 aromatic heterocycles. The highest BCUT2D eigenvalue weighted by molar-refractivity contribution is 5.82. The Morgan fingerprint density at radius 3 is 2.69 bits per heavy atom. The van der Waals surface area contributed by atoms with Crippen LogP contribution in [-0.4, -0.2) is 35.9 Å². The van der Waals surface area contributed by atoms with E-state index in [1.165, 1.54) is 42.4 Å². The number of carbonyl (C=O) groups is 1. The lowest BCUT2D eigenvalue weighted by Crippen LogP contribution is -2.83. The number of methoxy groups -OCH3 is 1. The molecule has 4 bridgehead atoms. The van der Waals surface area contributed by atoms with Crippen LogP contribution in [0.3, 0.4) is 0 Å². The van der Waals surface area contributed by atoms with Gasteiger partial charge in [0.2, 0.25) is 5.91 Å². The van der Waals surface area contributed by atoms with Crippen LogP contribution in [-0.2, 0) is 23.1 Å². The Hall–Kier alpha value is -2.53. The minimum atomic E-state index is -1.22. The first kappa shape index (κ1) is 24.3. The summed E-state index contributed by atoms with van der Waals surface area (Å²) in [5.74, 6) is 3.25. The van der Waals surface area contributed by atoms with Crippen LogP contribution < -0.4 is 14.8 Å². The van der Waals surface area contributed by atoms with Crippen molar-refractivity contribution >= 4 is 5.91 Å². The zero-order chi connectivity index (χ0) is 26.6. The van der Waals surface area contributed by atoms with Crippen LogP contribution in [0.5, 0.6) is 11.5 Å². The molecule has 1 heterocycles.